The maximum Gasteiger partial charge on any atom is 0.254 e. The van der Waals surface area contributed by atoms with Crippen LogP contribution < -0.4 is 5.73 Å². The molecule has 1 aromatic heterocycles. The van der Waals surface area contributed by atoms with Crippen molar-refractivity contribution in [1.82, 2.24) is 14.9 Å². The van der Waals surface area contributed by atoms with E-state index in [9.17, 15) is 18.4 Å². The molecule has 1 fully saturated rings. The van der Waals surface area contributed by atoms with Crippen LogP contribution in [-0.4, -0.2) is 39.8 Å². The van der Waals surface area contributed by atoms with Gasteiger partial charge in [0.2, 0.25) is 5.91 Å². The molecule has 1 aliphatic heterocycles. The van der Waals surface area contributed by atoms with Crippen LogP contribution in [0.1, 0.15) is 56.4 Å². The predicted octanol–water partition coefficient (Wildman–Crippen LogP) is 5.40. The second-order valence-corrected chi connectivity index (χ2v) is 9.84. The van der Waals surface area contributed by atoms with Crippen LogP contribution in [0.5, 0.6) is 0 Å². The van der Waals surface area contributed by atoms with Crippen molar-refractivity contribution in [3.05, 3.63) is 99.3 Å². The molecule has 5 rings (SSSR count). The highest BCUT2D eigenvalue weighted by Gasteiger charge is 2.26. The molecule has 3 aromatic carbocycles. The standard InChI is InChI=1S/C28H25ClF2N4O2/c29-20-4-6-24-25(14-20)34-27(33-24)19(9-16-10-21(30)15-22(31)11-16)13-18-12-17(26(32)36)3-5-23(18)28(37)35-7-1-2-8-35/h3-6,10-12,14-15,19H,1-2,7-9,13H2,(H2,32,36)(H,33,34)/t19-/m0/s1. The number of nitrogens with one attached hydrogen (secondary N) is 1. The summed E-state index contributed by atoms with van der Waals surface area (Å²) in [5.74, 6) is -1.90. The SMILES string of the molecule is NC(=O)c1ccc(C(=O)N2CCCC2)c(C[C@H](Cc2cc(F)cc(F)c2)c2nc3cc(Cl)ccc3[nH]2)c1. The molecule has 6 nitrogen and oxygen atoms in total. The first-order valence-electron chi connectivity index (χ1n) is 12.1. The molecule has 4 aromatic rings. The minimum Gasteiger partial charge on any atom is -0.366 e. The lowest BCUT2D eigenvalue weighted by molar-refractivity contribution is 0.0791. The van der Waals surface area contributed by atoms with Crippen molar-refractivity contribution in [2.45, 2.75) is 31.6 Å². The number of H-pyrrole nitrogens is 1. The van der Waals surface area contributed by atoms with E-state index in [1.165, 1.54) is 12.1 Å². The van der Waals surface area contributed by atoms with Crippen LogP contribution in [0.15, 0.2) is 54.6 Å². The number of benzene rings is 3. The van der Waals surface area contributed by atoms with Crippen molar-refractivity contribution in [3.8, 4) is 0 Å². The van der Waals surface area contributed by atoms with Crippen LogP contribution in [0.25, 0.3) is 11.0 Å². The molecule has 0 radical (unpaired) electrons. The van der Waals surface area contributed by atoms with Crippen molar-refractivity contribution in [3.63, 3.8) is 0 Å². The van der Waals surface area contributed by atoms with Gasteiger partial charge in [0, 0.05) is 41.2 Å². The zero-order chi connectivity index (χ0) is 26.1. The highest BCUT2D eigenvalue weighted by Crippen LogP contribution is 2.30. The molecule has 3 N–H and O–H groups in total. The molecule has 9 heteroatoms. The summed E-state index contributed by atoms with van der Waals surface area (Å²) in [5.41, 5.74) is 8.77. The van der Waals surface area contributed by atoms with Crippen molar-refractivity contribution < 1.29 is 18.4 Å². The largest absolute Gasteiger partial charge is 0.366 e. The van der Waals surface area contributed by atoms with Crippen LogP contribution in [0.2, 0.25) is 5.02 Å². The maximum atomic E-state index is 14.0. The third kappa shape index (κ3) is 5.49. The molecule has 0 bridgehead atoms. The number of amides is 2. The summed E-state index contributed by atoms with van der Waals surface area (Å²) in [6.45, 7) is 1.35. The third-order valence-electron chi connectivity index (χ3n) is 6.73. The third-order valence-corrected chi connectivity index (χ3v) is 6.97. The van der Waals surface area contributed by atoms with Gasteiger partial charge in [0.1, 0.15) is 17.5 Å². The Balaban J connectivity index is 1.58. The first-order chi connectivity index (χ1) is 17.8. The summed E-state index contributed by atoms with van der Waals surface area (Å²) in [5, 5.41) is 0.530. The minimum absolute atomic E-state index is 0.115. The van der Waals surface area contributed by atoms with E-state index >= 15 is 0 Å². The van der Waals surface area contributed by atoms with E-state index in [1.807, 2.05) is 6.07 Å². The molecule has 1 atom stereocenters. The molecule has 0 aliphatic carbocycles. The monoisotopic (exact) mass is 522 g/mol. The quantitative estimate of drug-likeness (QED) is 0.340. The number of aromatic amines is 1. The van der Waals surface area contributed by atoms with Crippen molar-refractivity contribution in [2.75, 3.05) is 13.1 Å². The normalized spacial score (nSPS) is 14.3. The highest BCUT2D eigenvalue weighted by atomic mass is 35.5. The first-order valence-corrected chi connectivity index (χ1v) is 12.5. The number of fused-ring (bicyclic) bond motifs is 1. The molecular formula is C28H25ClF2N4O2. The van der Waals surface area contributed by atoms with Gasteiger partial charge in [-0.05, 0) is 85.3 Å². The average Bonchev–Trinajstić information content (AvgIpc) is 3.52. The topological polar surface area (TPSA) is 92.1 Å². The Morgan fingerprint density at radius 3 is 2.43 bits per heavy atom. The molecular weight excluding hydrogens is 498 g/mol. The van der Waals surface area contributed by atoms with Gasteiger partial charge in [-0.2, -0.15) is 0 Å². The number of carbonyl (C=O) groups excluding carboxylic acids is 2. The molecule has 0 saturated carbocycles. The summed E-state index contributed by atoms with van der Waals surface area (Å²) >= 11 is 6.14. The van der Waals surface area contributed by atoms with Crippen molar-refractivity contribution in [2.24, 2.45) is 5.73 Å². The number of halogens is 3. The fourth-order valence-corrected chi connectivity index (χ4v) is 5.12. The summed E-state index contributed by atoms with van der Waals surface area (Å²) in [4.78, 5) is 35.1. The number of hydrogen-bond donors (Lipinski definition) is 2. The van der Waals surface area contributed by atoms with Crippen LogP contribution in [0.4, 0.5) is 8.78 Å². The van der Waals surface area contributed by atoms with E-state index in [0.29, 0.717) is 46.1 Å². The second-order valence-electron chi connectivity index (χ2n) is 9.40. The van der Waals surface area contributed by atoms with E-state index in [4.69, 9.17) is 22.3 Å². The summed E-state index contributed by atoms with van der Waals surface area (Å²) in [6, 6.07) is 13.5. The Kier molecular flexibility index (Phi) is 6.93. The van der Waals surface area contributed by atoms with Gasteiger partial charge in [0.15, 0.2) is 0 Å². The lowest BCUT2D eigenvalue weighted by atomic mass is 9.88. The van der Waals surface area contributed by atoms with E-state index in [-0.39, 0.29) is 24.3 Å². The number of imidazole rings is 1. The summed E-state index contributed by atoms with van der Waals surface area (Å²) < 4.78 is 28.0. The van der Waals surface area contributed by atoms with Gasteiger partial charge in [-0.1, -0.05) is 11.6 Å². The van der Waals surface area contributed by atoms with Crippen LogP contribution in [0.3, 0.4) is 0 Å². The van der Waals surface area contributed by atoms with E-state index < -0.39 is 23.5 Å². The molecule has 190 valence electrons. The van der Waals surface area contributed by atoms with Gasteiger partial charge < -0.3 is 15.6 Å². The Labute approximate surface area is 217 Å². The summed E-state index contributed by atoms with van der Waals surface area (Å²) in [7, 11) is 0. The fraction of sp³-hybridized carbons (Fsp3) is 0.250. The van der Waals surface area contributed by atoms with Gasteiger partial charge in [0.05, 0.1) is 11.0 Å². The van der Waals surface area contributed by atoms with Gasteiger partial charge in [-0.3, -0.25) is 9.59 Å². The first kappa shape index (κ1) is 24.9. The maximum absolute atomic E-state index is 14.0. The number of rotatable bonds is 7. The van der Waals surface area contributed by atoms with Crippen molar-refractivity contribution in [1.29, 1.82) is 0 Å². The number of carbonyl (C=O) groups is 2. The molecule has 2 amide bonds. The number of primary amides is 1. The lowest BCUT2D eigenvalue weighted by Gasteiger charge is -2.21. The van der Waals surface area contributed by atoms with Gasteiger partial charge in [-0.25, -0.2) is 13.8 Å². The smallest absolute Gasteiger partial charge is 0.254 e. The van der Waals surface area contributed by atoms with Crippen LogP contribution >= 0.6 is 11.6 Å². The molecule has 37 heavy (non-hydrogen) atoms. The zero-order valence-electron chi connectivity index (χ0n) is 19.9. The van der Waals surface area contributed by atoms with Gasteiger partial charge in [0.25, 0.3) is 5.91 Å². The minimum atomic E-state index is -0.675. The van der Waals surface area contributed by atoms with Crippen molar-refractivity contribution >= 4 is 34.4 Å². The number of likely N-dealkylation sites (tertiary alicyclic amines) is 1. The van der Waals surface area contributed by atoms with Gasteiger partial charge >= 0.3 is 0 Å². The second kappa shape index (κ2) is 10.3. The van der Waals surface area contributed by atoms with E-state index in [1.54, 1.807) is 35.2 Å². The molecule has 2 heterocycles. The number of nitrogens with zero attached hydrogens (tertiary/aromatic N) is 2. The molecule has 0 spiro atoms. The fourth-order valence-electron chi connectivity index (χ4n) is 4.95. The zero-order valence-corrected chi connectivity index (χ0v) is 20.7. The highest BCUT2D eigenvalue weighted by molar-refractivity contribution is 6.31. The Hall–Kier alpha value is -3.78. The predicted molar refractivity (Wildman–Crippen MR) is 138 cm³/mol. The Morgan fingerprint density at radius 1 is 1.00 bits per heavy atom. The number of nitrogens with two attached hydrogens (primary N) is 1. The number of aromatic nitrogens is 2. The Morgan fingerprint density at radius 2 is 1.73 bits per heavy atom. The molecule has 1 saturated heterocycles. The molecule has 0 unspecified atom stereocenters. The van der Waals surface area contributed by atoms with Crippen LogP contribution in [0, 0.1) is 11.6 Å². The lowest BCUT2D eigenvalue weighted by Crippen LogP contribution is -2.29. The van der Waals surface area contributed by atoms with E-state index in [2.05, 4.69) is 4.98 Å². The molecule has 1 aliphatic rings. The number of hydrogen-bond acceptors (Lipinski definition) is 3. The Bertz CT molecular complexity index is 1480. The van der Waals surface area contributed by atoms with E-state index in [0.717, 1.165) is 24.4 Å². The van der Waals surface area contributed by atoms with Gasteiger partial charge in [-0.15, -0.1) is 0 Å². The summed E-state index contributed by atoms with van der Waals surface area (Å²) in [6.07, 6.45) is 2.40. The van der Waals surface area contributed by atoms with Crippen LogP contribution in [-0.2, 0) is 12.8 Å². The average molecular weight is 523 g/mol.